The van der Waals surface area contributed by atoms with Crippen LogP contribution in [0, 0.1) is 11.8 Å². The van der Waals surface area contributed by atoms with Gasteiger partial charge in [-0.3, -0.25) is 0 Å². The van der Waals surface area contributed by atoms with Gasteiger partial charge in [0.25, 0.3) is 0 Å². The SMILES string of the molecule is C1=CCC(c2ccc(-n3c4c(c5ccccc53)C=CC3C4NC4C=CC=CC43)cc2)C=C1. The number of nitrogens with one attached hydrogen (secondary N) is 1. The molecule has 32 heavy (non-hydrogen) atoms. The van der Waals surface area contributed by atoms with Crippen LogP contribution in [0.25, 0.3) is 22.7 Å². The summed E-state index contributed by atoms with van der Waals surface area (Å²) in [6, 6.07) is 18.8. The molecule has 2 heterocycles. The van der Waals surface area contributed by atoms with Crippen LogP contribution < -0.4 is 5.32 Å². The second-order valence-electron chi connectivity index (χ2n) is 9.35. The van der Waals surface area contributed by atoms with E-state index in [0.717, 1.165) is 6.42 Å². The molecule has 156 valence electrons. The molecule has 4 aliphatic rings. The smallest absolute Gasteiger partial charge is 0.0560 e. The molecule has 3 aromatic rings. The Hall–Kier alpha value is -3.36. The number of aromatic nitrogens is 1. The second kappa shape index (κ2) is 7.08. The molecule has 1 N–H and O–H groups in total. The first-order valence-electron chi connectivity index (χ1n) is 11.7. The quantitative estimate of drug-likeness (QED) is 0.498. The van der Waals surface area contributed by atoms with E-state index in [2.05, 4.69) is 119 Å². The zero-order valence-corrected chi connectivity index (χ0v) is 17.9. The standard InChI is InChI=1S/C30H26N2/c1-2-8-20(9-3-1)21-14-16-22(17-15-21)32-28-13-7-5-11-24(28)26-19-18-25-23-10-4-6-12-27(23)31-29(25)30(26)32/h1-8,10-20,23,25,27,29,31H,9H2. The highest BCUT2D eigenvalue weighted by molar-refractivity contribution is 5.93. The van der Waals surface area contributed by atoms with Crippen molar-refractivity contribution < 1.29 is 0 Å². The number of hydrogen-bond acceptors (Lipinski definition) is 1. The molecule has 0 bridgehead atoms. The molecule has 0 amide bonds. The van der Waals surface area contributed by atoms with Crippen LogP contribution in [0.4, 0.5) is 0 Å². The van der Waals surface area contributed by atoms with Crippen LogP contribution in [-0.4, -0.2) is 10.6 Å². The molecule has 2 heteroatoms. The monoisotopic (exact) mass is 414 g/mol. The molecule has 7 rings (SSSR count). The highest BCUT2D eigenvalue weighted by Gasteiger charge is 2.44. The zero-order chi connectivity index (χ0) is 21.1. The van der Waals surface area contributed by atoms with E-state index >= 15 is 0 Å². The van der Waals surface area contributed by atoms with Crippen molar-refractivity contribution in [1.82, 2.24) is 9.88 Å². The maximum atomic E-state index is 3.96. The van der Waals surface area contributed by atoms with Gasteiger partial charge in [-0.1, -0.05) is 91.1 Å². The maximum absolute atomic E-state index is 3.96. The van der Waals surface area contributed by atoms with Gasteiger partial charge in [0, 0.05) is 46.1 Å². The van der Waals surface area contributed by atoms with Crippen molar-refractivity contribution in [1.29, 1.82) is 0 Å². The summed E-state index contributed by atoms with van der Waals surface area (Å²) in [6.07, 6.45) is 23.9. The highest BCUT2D eigenvalue weighted by Crippen LogP contribution is 2.48. The van der Waals surface area contributed by atoms with Gasteiger partial charge in [-0.15, -0.1) is 0 Å². The van der Waals surface area contributed by atoms with E-state index in [1.54, 1.807) is 0 Å². The minimum Gasteiger partial charge on any atom is -0.311 e. The number of para-hydroxylation sites is 1. The molecule has 3 aliphatic carbocycles. The van der Waals surface area contributed by atoms with Crippen LogP contribution in [0.15, 0.2) is 103 Å². The summed E-state index contributed by atoms with van der Waals surface area (Å²) in [6.45, 7) is 0. The second-order valence-corrected chi connectivity index (χ2v) is 9.35. The van der Waals surface area contributed by atoms with Crippen LogP contribution in [0.5, 0.6) is 0 Å². The first-order chi connectivity index (χ1) is 15.9. The van der Waals surface area contributed by atoms with Crippen molar-refractivity contribution in [2.75, 3.05) is 0 Å². The molecule has 5 atom stereocenters. The maximum Gasteiger partial charge on any atom is 0.0560 e. The minimum atomic E-state index is 0.316. The number of allylic oxidation sites excluding steroid dienone is 6. The lowest BCUT2D eigenvalue weighted by Crippen LogP contribution is -2.27. The van der Waals surface area contributed by atoms with E-state index in [1.807, 2.05) is 0 Å². The van der Waals surface area contributed by atoms with E-state index in [-0.39, 0.29) is 0 Å². The van der Waals surface area contributed by atoms with Crippen molar-refractivity contribution in [3.63, 3.8) is 0 Å². The lowest BCUT2D eigenvalue weighted by atomic mass is 9.80. The van der Waals surface area contributed by atoms with Gasteiger partial charge in [-0.05, 0) is 30.2 Å². The number of benzene rings is 2. The molecule has 1 saturated heterocycles. The molecule has 5 unspecified atom stereocenters. The van der Waals surface area contributed by atoms with Gasteiger partial charge < -0.3 is 9.88 Å². The Bertz CT molecular complexity index is 1350. The van der Waals surface area contributed by atoms with E-state index in [4.69, 9.17) is 0 Å². The fourth-order valence-corrected chi connectivity index (χ4v) is 6.15. The number of nitrogens with zero attached hydrogens (tertiary/aromatic N) is 1. The topological polar surface area (TPSA) is 17.0 Å². The van der Waals surface area contributed by atoms with Crippen molar-refractivity contribution >= 4 is 17.0 Å². The van der Waals surface area contributed by atoms with Gasteiger partial charge in [0.15, 0.2) is 0 Å². The van der Waals surface area contributed by atoms with Crippen molar-refractivity contribution in [2.45, 2.75) is 24.4 Å². The molecule has 1 aromatic heterocycles. The molecule has 1 fully saturated rings. The molecule has 2 aromatic carbocycles. The van der Waals surface area contributed by atoms with Gasteiger partial charge in [0.1, 0.15) is 0 Å². The lowest BCUT2D eigenvalue weighted by Gasteiger charge is -2.26. The van der Waals surface area contributed by atoms with Crippen LogP contribution in [0.1, 0.15) is 35.2 Å². The van der Waals surface area contributed by atoms with Gasteiger partial charge in [-0.25, -0.2) is 0 Å². The van der Waals surface area contributed by atoms with Crippen LogP contribution in [0.3, 0.4) is 0 Å². The molecule has 0 spiro atoms. The largest absolute Gasteiger partial charge is 0.311 e. The average Bonchev–Trinajstić information content (AvgIpc) is 3.41. The van der Waals surface area contributed by atoms with Crippen molar-refractivity contribution in [3.8, 4) is 5.69 Å². The summed E-state index contributed by atoms with van der Waals surface area (Å²) in [5.41, 5.74) is 6.70. The Morgan fingerprint density at radius 1 is 0.781 bits per heavy atom. The zero-order valence-electron chi connectivity index (χ0n) is 17.9. The molecule has 2 nitrogen and oxygen atoms in total. The molecule has 0 radical (unpaired) electrons. The molecule has 1 aliphatic heterocycles. The fraction of sp³-hybridized carbons (Fsp3) is 0.200. The molecule has 0 saturated carbocycles. The summed E-state index contributed by atoms with van der Waals surface area (Å²) >= 11 is 0. The Kier molecular flexibility index (Phi) is 4.03. The van der Waals surface area contributed by atoms with Crippen LogP contribution in [-0.2, 0) is 0 Å². The first kappa shape index (κ1) is 18.2. The average molecular weight is 415 g/mol. The van der Waals surface area contributed by atoms with E-state index < -0.39 is 0 Å². The Labute approximate surface area is 189 Å². The summed E-state index contributed by atoms with van der Waals surface area (Å²) in [5, 5.41) is 5.30. The predicted octanol–water partition coefficient (Wildman–Crippen LogP) is 6.63. The normalized spacial score (nSPS) is 29.3. The summed E-state index contributed by atoms with van der Waals surface area (Å²) in [4.78, 5) is 0. The van der Waals surface area contributed by atoms with Crippen molar-refractivity contribution in [2.24, 2.45) is 11.8 Å². The van der Waals surface area contributed by atoms with E-state index in [9.17, 15) is 0 Å². The van der Waals surface area contributed by atoms with Gasteiger partial charge in [0.05, 0.1) is 11.6 Å². The van der Waals surface area contributed by atoms with Gasteiger partial charge >= 0.3 is 0 Å². The third-order valence-electron chi connectivity index (χ3n) is 7.67. The summed E-state index contributed by atoms with van der Waals surface area (Å²) in [7, 11) is 0. The third-order valence-corrected chi connectivity index (χ3v) is 7.67. The minimum absolute atomic E-state index is 0.316. The number of rotatable bonds is 2. The summed E-state index contributed by atoms with van der Waals surface area (Å²) < 4.78 is 2.50. The third kappa shape index (κ3) is 2.63. The first-order valence-corrected chi connectivity index (χ1v) is 11.7. The molecular formula is C30H26N2. The Morgan fingerprint density at radius 2 is 1.62 bits per heavy atom. The number of fused-ring (bicyclic) bond motifs is 7. The van der Waals surface area contributed by atoms with Gasteiger partial charge in [0.2, 0.25) is 0 Å². The van der Waals surface area contributed by atoms with E-state index in [1.165, 1.54) is 33.4 Å². The highest BCUT2D eigenvalue weighted by atomic mass is 15.1. The van der Waals surface area contributed by atoms with Crippen LogP contribution in [0.2, 0.25) is 0 Å². The Balaban J connectivity index is 1.38. The van der Waals surface area contributed by atoms with Crippen LogP contribution >= 0.6 is 0 Å². The molecular weight excluding hydrogens is 388 g/mol. The predicted molar refractivity (Wildman–Crippen MR) is 133 cm³/mol. The van der Waals surface area contributed by atoms with Crippen molar-refractivity contribution in [3.05, 3.63) is 120 Å². The summed E-state index contributed by atoms with van der Waals surface area (Å²) in [5.74, 6) is 1.49. The lowest BCUT2D eigenvalue weighted by molar-refractivity contribution is 0.485. The van der Waals surface area contributed by atoms with Gasteiger partial charge in [-0.2, -0.15) is 0 Å². The van der Waals surface area contributed by atoms with E-state index in [0.29, 0.717) is 29.8 Å². The number of hydrogen-bond donors (Lipinski definition) is 1. The Morgan fingerprint density at radius 3 is 2.50 bits per heavy atom. The fourth-order valence-electron chi connectivity index (χ4n) is 6.15.